The largest absolute Gasteiger partial charge is 0.356 e. The summed E-state index contributed by atoms with van der Waals surface area (Å²) in [7, 11) is 0. The van der Waals surface area contributed by atoms with E-state index >= 15 is 0 Å². The minimum atomic E-state index is 0. The zero-order valence-corrected chi connectivity index (χ0v) is 13.7. The molecule has 3 N–H and O–H groups in total. The highest BCUT2D eigenvalue weighted by molar-refractivity contribution is 5.85. The summed E-state index contributed by atoms with van der Waals surface area (Å²) < 4.78 is 0. The van der Waals surface area contributed by atoms with Crippen molar-refractivity contribution in [2.75, 3.05) is 6.54 Å². The highest BCUT2D eigenvalue weighted by Crippen LogP contribution is 2.27. The third-order valence-corrected chi connectivity index (χ3v) is 3.89. The maximum atomic E-state index is 11.9. The Morgan fingerprint density at radius 2 is 2.00 bits per heavy atom. The molecule has 19 heavy (non-hydrogen) atoms. The first-order valence-electron chi connectivity index (χ1n) is 7.32. The van der Waals surface area contributed by atoms with Crippen LogP contribution in [0, 0.1) is 17.3 Å². The van der Waals surface area contributed by atoms with Crippen molar-refractivity contribution >= 4 is 18.3 Å². The lowest BCUT2D eigenvalue weighted by atomic mass is 9.84. The molecule has 1 fully saturated rings. The second-order valence-electron chi connectivity index (χ2n) is 7.10. The number of rotatable bonds is 6. The molecule has 0 bridgehead atoms. The highest BCUT2D eigenvalue weighted by atomic mass is 35.5. The van der Waals surface area contributed by atoms with Crippen molar-refractivity contribution in [3.8, 4) is 0 Å². The summed E-state index contributed by atoms with van der Waals surface area (Å²) in [6.45, 7) is 9.65. The Bertz CT molecular complexity index is 279. The molecule has 0 heterocycles. The van der Waals surface area contributed by atoms with Gasteiger partial charge in [-0.3, -0.25) is 4.79 Å². The number of nitrogens with one attached hydrogen (secondary N) is 1. The van der Waals surface area contributed by atoms with Crippen LogP contribution in [0.2, 0.25) is 0 Å². The molecule has 1 aliphatic rings. The summed E-state index contributed by atoms with van der Waals surface area (Å²) in [4.78, 5) is 11.9. The van der Waals surface area contributed by atoms with Crippen molar-refractivity contribution in [2.24, 2.45) is 23.0 Å². The molecule has 0 unspecified atom stereocenters. The van der Waals surface area contributed by atoms with Crippen LogP contribution in [0.25, 0.3) is 0 Å². The van der Waals surface area contributed by atoms with Crippen LogP contribution in [0.15, 0.2) is 0 Å². The quantitative estimate of drug-likeness (QED) is 0.790. The third-order valence-electron chi connectivity index (χ3n) is 3.89. The van der Waals surface area contributed by atoms with E-state index in [4.69, 9.17) is 5.73 Å². The van der Waals surface area contributed by atoms with Gasteiger partial charge in [0.2, 0.25) is 5.91 Å². The highest BCUT2D eigenvalue weighted by Gasteiger charge is 2.27. The molecule has 1 saturated carbocycles. The van der Waals surface area contributed by atoms with Gasteiger partial charge in [0.15, 0.2) is 0 Å². The van der Waals surface area contributed by atoms with E-state index in [-0.39, 0.29) is 29.8 Å². The Kier molecular flexibility index (Phi) is 7.99. The van der Waals surface area contributed by atoms with Crippen molar-refractivity contribution in [1.82, 2.24) is 5.32 Å². The minimum absolute atomic E-state index is 0. The van der Waals surface area contributed by atoms with Gasteiger partial charge in [-0.1, -0.05) is 34.1 Å². The molecule has 0 aromatic heterocycles. The van der Waals surface area contributed by atoms with E-state index in [9.17, 15) is 4.79 Å². The third kappa shape index (κ3) is 7.17. The van der Waals surface area contributed by atoms with Crippen LogP contribution in [-0.4, -0.2) is 18.5 Å². The first-order chi connectivity index (χ1) is 8.30. The van der Waals surface area contributed by atoms with Gasteiger partial charge < -0.3 is 11.1 Å². The molecule has 0 spiro atoms. The number of amides is 1. The van der Waals surface area contributed by atoms with Crippen molar-refractivity contribution in [2.45, 2.75) is 65.8 Å². The Hall–Kier alpha value is -0.280. The van der Waals surface area contributed by atoms with Crippen LogP contribution in [0.1, 0.15) is 59.8 Å². The predicted octanol–water partition coefficient (Wildman–Crippen LogP) is 3.11. The maximum Gasteiger partial charge on any atom is 0.220 e. The number of carbonyl (C=O) groups is 1. The molecule has 3 nitrogen and oxygen atoms in total. The van der Waals surface area contributed by atoms with Crippen molar-refractivity contribution in [1.29, 1.82) is 0 Å². The lowest BCUT2D eigenvalue weighted by Gasteiger charge is -2.27. The summed E-state index contributed by atoms with van der Waals surface area (Å²) in [6, 6.07) is 0.236. The van der Waals surface area contributed by atoms with E-state index in [0.29, 0.717) is 18.3 Å². The Morgan fingerprint density at radius 1 is 1.37 bits per heavy atom. The monoisotopic (exact) mass is 290 g/mol. The Labute approximate surface area is 124 Å². The molecule has 0 aliphatic heterocycles. The van der Waals surface area contributed by atoms with Gasteiger partial charge in [0.25, 0.3) is 0 Å². The van der Waals surface area contributed by atoms with Gasteiger partial charge in [-0.2, -0.15) is 0 Å². The average Bonchev–Trinajstić information content (AvgIpc) is 2.60. The summed E-state index contributed by atoms with van der Waals surface area (Å²) >= 11 is 0. The molecule has 0 aromatic carbocycles. The normalized spacial score (nSPS) is 23.3. The topological polar surface area (TPSA) is 55.1 Å². The summed E-state index contributed by atoms with van der Waals surface area (Å²) in [6.07, 6.45) is 5.12. The first kappa shape index (κ1) is 18.7. The fourth-order valence-electron chi connectivity index (χ4n) is 3.14. The molecule has 0 radical (unpaired) electrons. The lowest BCUT2D eigenvalue weighted by molar-refractivity contribution is -0.122. The van der Waals surface area contributed by atoms with E-state index in [1.807, 2.05) is 0 Å². The molecular formula is C15H31ClN2O. The zero-order valence-electron chi connectivity index (χ0n) is 12.9. The molecule has 0 aromatic rings. The van der Waals surface area contributed by atoms with Gasteiger partial charge in [-0.15, -0.1) is 12.4 Å². The molecule has 2 atom stereocenters. The van der Waals surface area contributed by atoms with Gasteiger partial charge in [-0.25, -0.2) is 0 Å². The van der Waals surface area contributed by atoms with E-state index < -0.39 is 0 Å². The minimum Gasteiger partial charge on any atom is -0.356 e. The molecule has 1 aliphatic carbocycles. The van der Waals surface area contributed by atoms with Gasteiger partial charge >= 0.3 is 0 Å². The molecular weight excluding hydrogens is 260 g/mol. The Morgan fingerprint density at radius 3 is 2.47 bits per heavy atom. The SMILES string of the molecule is CC(C)CC(C)(C)CNC(=O)C[C@@H]1CCC[C@H]1N.Cl. The maximum absolute atomic E-state index is 11.9. The van der Waals surface area contributed by atoms with Crippen LogP contribution in [0.4, 0.5) is 0 Å². The van der Waals surface area contributed by atoms with Crippen LogP contribution in [-0.2, 0) is 4.79 Å². The number of nitrogens with two attached hydrogens (primary N) is 1. The van der Waals surface area contributed by atoms with Gasteiger partial charge in [0, 0.05) is 19.0 Å². The van der Waals surface area contributed by atoms with E-state index in [2.05, 4.69) is 33.0 Å². The van der Waals surface area contributed by atoms with Crippen LogP contribution in [0.3, 0.4) is 0 Å². The van der Waals surface area contributed by atoms with Crippen molar-refractivity contribution < 1.29 is 4.79 Å². The molecule has 1 rings (SSSR count). The van der Waals surface area contributed by atoms with Gasteiger partial charge in [-0.05, 0) is 36.5 Å². The molecule has 1 amide bonds. The number of halogens is 1. The van der Waals surface area contributed by atoms with E-state index in [1.54, 1.807) is 0 Å². The van der Waals surface area contributed by atoms with Gasteiger partial charge in [0.05, 0.1) is 0 Å². The van der Waals surface area contributed by atoms with Crippen LogP contribution < -0.4 is 11.1 Å². The number of hydrogen-bond acceptors (Lipinski definition) is 2. The fourth-order valence-corrected chi connectivity index (χ4v) is 3.14. The van der Waals surface area contributed by atoms with Crippen molar-refractivity contribution in [3.05, 3.63) is 0 Å². The summed E-state index contributed by atoms with van der Waals surface area (Å²) in [5, 5.41) is 3.08. The second-order valence-corrected chi connectivity index (χ2v) is 7.10. The summed E-state index contributed by atoms with van der Waals surface area (Å²) in [5.41, 5.74) is 6.18. The average molecular weight is 291 g/mol. The van der Waals surface area contributed by atoms with Crippen LogP contribution >= 0.6 is 12.4 Å². The fraction of sp³-hybridized carbons (Fsp3) is 0.933. The molecule has 114 valence electrons. The predicted molar refractivity (Wildman–Crippen MR) is 83.4 cm³/mol. The second kappa shape index (κ2) is 8.11. The zero-order chi connectivity index (χ0) is 13.8. The van der Waals surface area contributed by atoms with Crippen molar-refractivity contribution in [3.63, 3.8) is 0 Å². The van der Waals surface area contributed by atoms with E-state index in [1.165, 1.54) is 6.42 Å². The van der Waals surface area contributed by atoms with Crippen LogP contribution in [0.5, 0.6) is 0 Å². The standard InChI is InChI=1S/C15H30N2O.ClH/c1-11(2)9-15(3,4)10-17-14(18)8-12-6-5-7-13(12)16;/h11-13H,5-10,16H2,1-4H3,(H,17,18);1H/t12-,13+;/m0./s1. The van der Waals surface area contributed by atoms with Gasteiger partial charge in [0.1, 0.15) is 0 Å². The smallest absolute Gasteiger partial charge is 0.220 e. The Balaban J connectivity index is 0.00000324. The molecule has 4 heteroatoms. The number of carbonyl (C=O) groups excluding carboxylic acids is 1. The van der Waals surface area contributed by atoms with E-state index in [0.717, 1.165) is 25.8 Å². The first-order valence-corrected chi connectivity index (χ1v) is 7.32. The molecule has 0 saturated heterocycles. The lowest BCUT2D eigenvalue weighted by Crippen LogP contribution is -2.37. The number of hydrogen-bond donors (Lipinski definition) is 2. The summed E-state index contributed by atoms with van der Waals surface area (Å²) in [5.74, 6) is 1.24.